The number of rotatable bonds is 9. The van der Waals surface area contributed by atoms with Gasteiger partial charge in [-0.05, 0) is 18.2 Å². The number of hydrogen-bond acceptors (Lipinski definition) is 7. The predicted molar refractivity (Wildman–Crippen MR) is 121 cm³/mol. The lowest BCUT2D eigenvalue weighted by Crippen LogP contribution is -2.48. The summed E-state index contributed by atoms with van der Waals surface area (Å²) in [6.07, 6.45) is 0.427. The second kappa shape index (κ2) is 10.8. The molecule has 0 spiro atoms. The standard InChI is InChI=1S/C22H27ClN2O5S/c1-28-17-6-4-15(21(29-2)22(17)30-3)14-24-10-12-25(13-11-24)20(27)9-5-16(26)18-7-8-19(23)31-18/h4,6-8H,5,9-14H2,1-3H3. The van der Waals surface area contributed by atoms with Crippen molar-refractivity contribution in [2.45, 2.75) is 19.4 Å². The number of carbonyl (C=O) groups is 2. The molecule has 1 aromatic heterocycles. The summed E-state index contributed by atoms with van der Waals surface area (Å²) in [5.74, 6) is 1.84. The molecule has 168 valence electrons. The number of methoxy groups -OCH3 is 3. The maximum atomic E-state index is 12.5. The molecular weight excluding hydrogens is 440 g/mol. The summed E-state index contributed by atoms with van der Waals surface area (Å²) in [6.45, 7) is 3.44. The van der Waals surface area contributed by atoms with Crippen LogP contribution >= 0.6 is 22.9 Å². The van der Waals surface area contributed by atoms with Crippen LogP contribution in [0, 0.1) is 0 Å². The zero-order chi connectivity index (χ0) is 22.4. The minimum atomic E-state index is -0.0376. The summed E-state index contributed by atoms with van der Waals surface area (Å²) in [5, 5.41) is 0. The normalized spacial score (nSPS) is 14.4. The number of halogens is 1. The molecule has 0 aliphatic carbocycles. The Balaban J connectivity index is 1.51. The van der Waals surface area contributed by atoms with Crippen LogP contribution in [0.4, 0.5) is 0 Å². The van der Waals surface area contributed by atoms with Gasteiger partial charge in [0.2, 0.25) is 11.7 Å². The van der Waals surface area contributed by atoms with E-state index in [0.717, 1.165) is 18.7 Å². The van der Waals surface area contributed by atoms with Gasteiger partial charge in [-0.2, -0.15) is 0 Å². The number of carbonyl (C=O) groups excluding carboxylic acids is 2. The Morgan fingerprint density at radius 3 is 2.23 bits per heavy atom. The van der Waals surface area contributed by atoms with Crippen molar-refractivity contribution in [2.75, 3.05) is 47.5 Å². The van der Waals surface area contributed by atoms with Gasteiger partial charge < -0.3 is 19.1 Å². The van der Waals surface area contributed by atoms with E-state index in [2.05, 4.69) is 4.90 Å². The van der Waals surface area contributed by atoms with Gasteiger partial charge in [-0.15, -0.1) is 11.3 Å². The van der Waals surface area contributed by atoms with Crippen molar-refractivity contribution in [1.29, 1.82) is 0 Å². The molecule has 1 fully saturated rings. The van der Waals surface area contributed by atoms with Gasteiger partial charge in [0.25, 0.3) is 0 Å². The number of amides is 1. The summed E-state index contributed by atoms with van der Waals surface area (Å²) in [7, 11) is 4.80. The Morgan fingerprint density at radius 2 is 1.65 bits per heavy atom. The molecule has 0 saturated carbocycles. The van der Waals surface area contributed by atoms with Crippen molar-refractivity contribution in [1.82, 2.24) is 9.80 Å². The average Bonchev–Trinajstić information content (AvgIpc) is 3.23. The quantitative estimate of drug-likeness (QED) is 0.524. The van der Waals surface area contributed by atoms with Crippen LogP contribution in [0.1, 0.15) is 28.1 Å². The molecule has 1 amide bonds. The summed E-state index contributed by atoms with van der Waals surface area (Å²) < 4.78 is 16.9. The van der Waals surface area contributed by atoms with Crippen molar-refractivity contribution < 1.29 is 23.8 Å². The number of Topliss-reactive ketones (excluding diaryl/α,β-unsaturated/α-hetero) is 1. The maximum Gasteiger partial charge on any atom is 0.223 e. The highest BCUT2D eigenvalue weighted by Crippen LogP contribution is 2.40. The van der Waals surface area contributed by atoms with E-state index in [1.54, 1.807) is 33.5 Å². The van der Waals surface area contributed by atoms with Gasteiger partial charge in [-0.1, -0.05) is 17.7 Å². The first-order valence-electron chi connectivity index (χ1n) is 10.0. The molecule has 1 aliphatic heterocycles. The van der Waals surface area contributed by atoms with E-state index in [9.17, 15) is 9.59 Å². The second-order valence-electron chi connectivity index (χ2n) is 7.18. The maximum absolute atomic E-state index is 12.5. The summed E-state index contributed by atoms with van der Waals surface area (Å²) in [4.78, 5) is 29.4. The van der Waals surface area contributed by atoms with Crippen LogP contribution in [0.3, 0.4) is 0 Å². The second-order valence-corrected chi connectivity index (χ2v) is 8.89. The Labute approximate surface area is 191 Å². The Hall–Kier alpha value is -2.29. The van der Waals surface area contributed by atoms with E-state index in [4.69, 9.17) is 25.8 Å². The van der Waals surface area contributed by atoms with Crippen LogP contribution in [-0.2, 0) is 11.3 Å². The van der Waals surface area contributed by atoms with Crippen molar-refractivity contribution in [2.24, 2.45) is 0 Å². The molecule has 3 rings (SSSR count). The van der Waals surface area contributed by atoms with Crippen LogP contribution in [0.5, 0.6) is 17.2 Å². The third-order valence-electron chi connectivity index (χ3n) is 5.32. The van der Waals surface area contributed by atoms with Gasteiger partial charge in [-0.3, -0.25) is 14.5 Å². The Kier molecular flexibility index (Phi) is 8.17. The fourth-order valence-corrected chi connectivity index (χ4v) is 4.66. The zero-order valence-electron chi connectivity index (χ0n) is 18.0. The molecule has 31 heavy (non-hydrogen) atoms. The van der Waals surface area contributed by atoms with E-state index in [1.807, 2.05) is 17.0 Å². The number of ketones is 1. The summed E-state index contributed by atoms with van der Waals surface area (Å²) in [6, 6.07) is 7.25. The van der Waals surface area contributed by atoms with Gasteiger partial charge in [-0.25, -0.2) is 0 Å². The highest BCUT2D eigenvalue weighted by atomic mass is 35.5. The highest BCUT2D eigenvalue weighted by molar-refractivity contribution is 7.18. The monoisotopic (exact) mass is 466 g/mol. The van der Waals surface area contributed by atoms with E-state index >= 15 is 0 Å². The Morgan fingerprint density at radius 1 is 0.935 bits per heavy atom. The van der Waals surface area contributed by atoms with Crippen LogP contribution in [0.15, 0.2) is 24.3 Å². The van der Waals surface area contributed by atoms with Crippen LogP contribution in [0.2, 0.25) is 4.34 Å². The number of thiophene rings is 1. The molecule has 0 atom stereocenters. The number of benzene rings is 1. The van der Waals surface area contributed by atoms with Crippen molar-refractivity contribution in [3.8, 4) is 17.2 Å². The number of hydrogen-bond donors (Lipinski definition) is 0. The smallest absolute Gasteiger partial charge is 0.223 e. The van der Waals surface area contributed by atoms with Gasteiger partial charge in [0, 0.05) is 51.1 Å². The first kappa shape index (κ1) is 23.4. The molecule has 2 aromatic rings. The van der Waals surface area contributed by atoms with E-state index in [0.29, 0.717) is 46.1 Å². The first-order chi connectivity index (χ1) is 15.0. The summed E-state index contributed by atoms with van der Waals surface area (Å²) >= 11 is 7.13. The average molecular weight is 467 g/mol. The molecule has 0 bridgehead atoms. The lowest BCUT2D eigenvalue weighted by Gasteiger charge is -2.35. The predicted octanol–water partition coefficient (Wildman–Crippen LogP) is 3.73. The topological polar surface area (TPSA) is 68.3 Å². The SMILES string of the molecule is COc1ccc(CN2CCN(C(=O)CCC(=O)c3ccc(Cl)s3)CC2)c(OC)c1OC. The molecule has 9 heteroatoms. The molecule has 2 heterocycles. The molecule has 1 aliphatic rings. The molecule has 7 nitrogen and oxygen atoms in total. The fourth-order valence-electron chi connectivity index (χ4n) is 3.65. The minimum absolute atomic E-state index is 0.0133. The van der Waals surface area contributed by atoms with Crippen molar-refractivity contribution in [3.05, 3.63) is 39.0 Å². The lowest BCUT2D eigenvalue weighted by molar-refractivity contribution is -0.133. The third kappa shape index (κ3) is 5.70. The largest absolute Gasteiger partial charge is 0.493 e. The van der Waals surface area contributed by atoms with Gasteiger partial charge >= 0.3 is 0 Å². The molecule has 0 radical (unpaired) electrons. The number of ether oxygens (including phenoxy) is 3. The first-order valence-corrected chi connectivity index (χ1v) is 11.2. The molecular formula is C22H27ClN2O5S. The lowest BCUT2D eigenvalue weighted by atomic mass is 10.1. The van der Waals surface area contributed by atoms with Crippen LogP contribution < -0.4 is 14.2 Å². The van der Waals surface area contributed by atoms with Crippen LogP contribution in [-0.4, -0.2) is 69.0 Å². The molecule has 0 unspecified atom stereocenters. The van der Waals surface area contributed by atoms with E-state index in [1.165, 1.54) is 11.3 Å². The van der Waals surface area contributed by atoms with Gasteiger partial charge in [0.05, 0.1) is 30.5 Å². The summed E-state index contributed by atoms with van der Waals surface area (Å²) in [5.41, 5.74) is 1.00. The van der Waals surface area contributed by atoms with Crippen LogP contribution in [0.25, 0.3) is 0 Å². The van der Waals surface area contributed by atoms with Gasteiger partial charge in [0.1, 0.15) is 0 Å². The van der Waals surface area contributed by atoms with Gasteiger partial charge in [0.15, 0.2) is 17.3 Å². The van der Waals surface area contributed by atoms with E-state index in [-0.39, 0.29) is 24.5 Å². The Bertz CT molecular complexity index is 925. The number of piperazine rings is 1. The number of nitrogens with zero attached hydrogens (tertiary/aromatic N) is 2. The molecule has 1 saturated heterocycles. The fraction of sp³-hybridized carbons (Fsp3) is 0.455. The van der Waals surface area contributed by atoms with Crippen molar-refractivity contribution in [3.63, 3.8) is 0 Å². The van der Waals surface area contributed by atoms with Crippen molar-refractivity contribution >= 4 is 34.6 Å². The van der Waals surface area contributed by atoms with E-state index < -0.39 is 0 Å². The third-order valence-corrected chi connectivity index (χ3v) is 6.59. The minimum Gasteiger partial charge on any atom is -0.493 e. The molecule has 0 N–H and O–H groups in total. The zero-order valence-corrected chi connectivity index (χ0v) is 19.6. The highest BCUT2D eigenvalue weighted by Gasteiger charge is 2.24. The molecule has 1 aromatic carbocycles.